The van der Waals surface area contributed by atoms with Crippen molar-refractivity contribution in [2.24, 2.45) is 0 Å². The van der Waals surface area contributed by atoms with Gasteiger partial charge in [-0.3, -0.25) is 0 Å². The smallest absolute Gasteiger partial charge is 0.118 e. The molecule has 1 heteroatoms. The molecule has 3 rings (SSSR count). The third-order valence-corrected chi connectivity index (χ3v) is 5.03. The van der Waals surface area contributed by atoms with Crippen LogP contribution in [-0.2, 0) is 12.8 Å². The van der Waals surface area contributed by atoms with Crippen molar-refractivity contribution in [2.75, 3.05) is 0 Å². The number of aryl methyl sites for hydroxylation is 3. The van der Waals surface area contributed by atoms with Gasteiger partial charge >= 0.3 is 0 Å². The first-order valence-electron chi connectivity index (χ1n) is 8.60. The summed E-state index contributed by atoms with van der Waals surface area (Å²) in [6.07, 6.45) is 8.94. The number of phenolic OH excluding ortho intramolecular Hbond substituents is 1. The average molecular weight is 294 g/mol. The number of phenols is 1. The lowest BCUT2D eigenvalue weighted by atomic mass is 9.84. The predicted octanol–water partition coefficient (Wildman–Crippen LogP) is 5.53. The second-order valence-corrected chi connectivity index (χ2v) is 6.70. The van der Waals surface area contributed by atoms with Gasteiger partial charge in [-0.1, -0.05) is 55.7 Å². The standard InChI is InChI=1S/C21H26O/c1-16-7-8-18(15-21(16)22)10-9-17-11-13-20(14-12-17)19-5-3-2-4-6-19/h7-8,11-15,19,22H,2-6,9-10H2,1H3. The zero-order valence-electron chi connectivity index (χ0n) is 13.5. The van der Waals surface area contributed by atoms with E-state index in [4.69, 9.17) is 0 Å². The van der Waals surface area contributed by atoms with Crippen molar-refractivity contribution in [2.45, 2.75) is 57.8 Å². The van der Waals surface area contributed by atoms with E-state index in [9.17, 15) is 5.11 Å². The zero-order valence-corrected chi connectivity index (χ0v) is 13.5. The van der Waals surface area contributed by atoms with E-state index in [-0.39, 0.29) is 0 Å². The Morgan fingerprint density at radius 3 is 2.18 bits per heavy atom. The first-order valence-corrected chi connectivity index (χ1v) is 8.60. The van der Waals surface area contributed by atoms with Crippen molar-refractivity contribution in [3.63, 3.8) is 0 Å². The lowest BCUT2D eigenvalue weighted by Gasteiger charge is -2.22. The van der Waals surface area contributed by atoms with Crippen LogP contribution in [0.1, 0.15) is 60.3 Å². The van der Waals surface area contributed by atoms with Gasteiger partial charge in [-0.25, -0.2) is 0 Å². The molecule has 0 aliphatic heterocycles. The van der Waals surface area contributed by atoms with Gasteiger partial charge in [0.05, 0.1) is 0 Å². The molecule has 1 aliphatic carbocycles. The van der Waals surface area contributed by atoms with Gasteiger partial charge in [0.15, 0.2) is 0 Å². The molecule has 1 saturated carbocycles. The van der Waals surface area contributed by atoms with Crippen molar-refractivity contribution >= 4 is 0 Å². The van der Waals surface area contributed by atoms with Gasteiger partial charge in [0.2, 0.25) is 0 Å². The third-order valence-electron chi connectivity index (χ3n) is 5.03. The number of aromatic hydroxyl groups is 1. The maximum Gasteiger partial charge on any atom is 0.118 e. The first kappa shape index (κ1) is 15.1. The second-order valence-electron chi connectivity index (χ2n) is 6.70. The van der Waals surface area contributed by atoms with Crippen LogP contribution in [0, 0.1) is 6.92 Å². The topological polar surface area (TPSA) is 20.2 Å². The molecule has 22 heavy (non-hydrogen) atoms. The van der Waals surface area contributed by atoms with E-state index in [1.165, 1.54) is 48.8 Å². The molecule has 1 fully saturated rings. The fourth-order valence-electron chi connectivity index (χ4n) is 3.49. The molecule has 0 bridgehead atoms. The summed E-state index contributed by atoms with van der Waals surface area (Å²) in [5, 5.41) is 9.78. The van der Waals surface area contributed by atoms with Crippen LogP contribution in [-0.4, -0.2) is 5.11 Å². The van der Waals surface area contributed by atoms with E-state index in [2.05, 4.69) is 30.3 Å². The molecule has 0 unspecified atom stereocenters. The SMILES string of the molecule is Cc1ccc(CCc2ccc(C3CCCCC3)cc2)cc1O. The molecule has 116 valence electrons. The van der Waals surface area contributed by atoms with Gasteiger partial charge in [0.25, 0.3) is 0 Å². The lowest BCUT2D eigenvalue weighted by Crippen LogP contribution is -2.04. The largest absolute Gasteiger partial charge is 0.508 e. The summed E-state index contributed by atoms with van der Waals surface area (Å²) in [7, 11) is 0. The maximum absolute atomic E-state index is 9.78. The van der Waals surface area contributed by atoms with Crippen LogP contribution < -0.4 is 0 Å². The molecular weight excluding hydrogens is 268 g/mol. The minimum Gasteiger partial charge on any atom is -0.508 e. The Balaban J connectivity index is 1.59. The molecule has 0 spiro atoms. The van der Waals surface area contributed by atoms with Crippen molar-refractivity contribution in [1.82, 2.24) is 0 Å². The van der Waals surface area contributed by atoms with Gasteiger partial charge in [-0.2, -0.15) is 0 Å². The summed E-state index contributed by atoms with van der Waals surface area (Å²) < 4.78 is 0. The second kappa shape index (κ2) is 7.00. The highest BCUT2D eigenvalue weighted by atomic mass is 16.3. The van der Waals surface area contributed by atoms with Gasteiger partial charge in [-0.15, -0.1) is 0 Å². The van der Waals surface area contributed by atoms with Gasteiger partial charge < -0.3 is 5.11 Å². The molecule has 0 saturated heterocycles. The van der Waals surface area contributed by atoms with Crippen LogP contribution in [0.2, 0.25) is 0 Å². The molecule has 0 radical (unpaired) electrons. The van der Waals surface area contributed by atoms with Gasteiger partial charge in [0, 0.05) is 0 Å². The fraction of sp³-hybridized carbons (Fsp3) is 0.429. The number of hydrogen-bond acceptors (Lipinski definition) is 1. The minimum atomic E-state index is 0.408. The Bertz CT molecular complexity index is 606. The van der Waals surface area contributed by atoms with Gasteiger partial charge in [-0.05, 0) is 66.8 Å². The van der Waals surface area contributed by atoms with Crippen molar-refractivity contribution in [3.8, 4) is 5.75 Å². The number of rotatable bonds is 4. The zero-order chi connectivity index (χ0) is 15.4. The monoisotopic (exact) mass is 294 g/mol. The van der Waals surface area contributed by atoms with Crippen LogP contribution in [0.15, 0.2) is 42.5 Å². The van der Waals surface area contributed by atoms with Crippen LogP contribution in [0.3, 0.4) is 0 Å². The summed E-state index contributed by atoms with van der Waals surface area (Å²) in [5.74, 6) is 1.20. The molecule has 1 N–H and O–H groups in total. The van der Waals surface area contributed by atoms with E-state index in [1.807, 2.05) is 19.1 Å². The van der Waals surface area contributed by atoms with E-state index >= 15 is 0 Å². The number of benzene rings is 2. The maximum atomic E-state index is 9.78. The van der Waals surface area contributed by atoms with E-state index in [0.717, 1.165) is 24.3 Å². The lowest BCUT2D eigenvalue weighted by molar-refractivity contribution is 0.443. The summed E-state index contributed by atoms with van der Waals surface area (Å²) in [6.45, 7) is 1.93. The average Bonchev–Trinajstić information content (AvgIpc) is 2.57. The van der Waals surface area contributed by atoms with E-state index in [1.54, 1.807) is 0 Å². The molecule has 2 aromatic rings. The van der Waals surface area contributed by atoms with Crippen LogP contribution in [0.25, 0.3) is 0 Å². The molecule has 2 aromatic carbocycles. The Hall–Kier alpha value is -1.76. The van der Waals surface area contributed by atoms with Crippen LogP contribution in [0.4, 0.5) is 0 Å². The van der Waals surface area contributed by atoms with E-state index < -0.39 is 0 Å². The highest BCUT2D eigenvalue weighted by Gasteiger charge is 2.14. The Kier molecular flexibility index (Phi) is 4.82. The third kappa shape index (κ3) is 3.71. The highest BCUT2D eigenvalue weighted by molar-refractivity contribution is 5.36. The van der Waals surface area contributed by atoms with Crippen molar-refractivity contribution in [3.05, 3.63) is 64.7 Å². The molecule has 1 aliphatic rings. The molecule has 0 heterocycles. The minimum absolute atomic E-state index is 0.408. The van der Waals surface area contributed by atoms with Crippen LogP contribution >= 0.6 is 0 Å². The molecular formula is C21H26O. The normalized spacial score (nSPS) is 15.9. The summed E-state index contributed by atoms with van der Waals surface area (Å²) in [6, 6.07) is 15.2. The van der Waals surface area contributed by atoms with Crippen LogP contribution in [0.5, 0.6) is 5.75 Å². The number of hydrogen-bond donors (Lipinski definition) is 1. The highest BCUT2D eigenvalue weighted by Crippen LogP contribution is 2.32. The fourth-order valence-corrected chi connectivity index (χ4v) is 3.49. The van der Waals surface area contributed by atoms with Crippen molar-refractivity contribution < 1.29 is 5.11 Å². The first-order chi connectivity index (χ1) is 10.7. The van der Waals surface area contributed by atoms with Gasteiger partial charge in [0.1, 0.15) is 5.75 Å². The molecule has 1 nitrogen and oxygen atoms in total. The molecule has 0 atom stereocenters. The van der Waals surface area contributed by atoms with E-state index in [0.29, 0.717) is 5.75 Å². The Labute approximate surface area is 134 Å². The summed E-state index contributed by atoms with van der Waals surface area (Å²) in [5.41, 5.74) is 5.07. The Morgan fingerprint density at radius 1 is 0.864 bits per heavy atom. The predicted molar refractivity (Wildman–Crippen MR) is 92.5 cm³/mol. The Morgan fingerprint density at radius 2 is 1.50 bits per heavy atom. The molecule has 0 amide bonds. The summed E-state index contributed by atoms with van der Waals surface area (Å²) >= 11 is 0. The quantitative estimate of drug-likeness (QED) is 0.785. The molecule has 0 aromatic heterocycles. The van der Waals surface area contributed by atoms with Crippen molar-refractivity contribution in [1.29, 1.82) is 0 Å². The summed E-state index contributed by atoms with van der Waals surface area (Å²) in [4.78, 5) is 0.